The normalized spacial score (nSPS) is 15.2. The fourth-order valence-corrected chi connectivity index (χ4v) is 11.7. The number of aliphatic hydroxyl groups excluding tert-OH is 7. The number of hydrogen-bond donors (Lipinski definition) is 8. The second-order valence-corrected chi connectivity index (χ2v) is 30.2. The highest BCUT2D eigenvalue weighted by molar-refractivity contribution is 5.96. The number of rotatable bonds is 54. The molecule has 34 heteroatoms. The van der Waals surface area contributed by atoms with Crippen molar-refractivity contribution in [2.24, 2.45) is 0 Å². The lowest BCUT2D eigenvalue weighted by Crippen LogP contribution is -2.56. The highest BCUT2D eigenvalue weighted by atomic mass is 16.3. The van der Waals surface area contributed by atoms with Gasteiger partial charge in [0.25, 0.3) is 0 Å². The van der Waals surface area contributed by atoms with Gasteiger partial charge in [0.1, 0.15) is 39.3 Å². The van der Waals surface area contributed by atoms with E-state index in [4.69, 9.17) is 0 Å². The number of amides is 13. The summed E-state index contributed by atoms with van der Waals surface area (Å²) in [6.45, 7) is 24.7. The monoisotopic (exact) mass is 1570 g/mol. The molecule has 0 aromatic heterocycles. The molecule has 0 aliphatic heterocycles. The molecule has 0 radical (unpaired) electrons. The van der Waals surface area contributed by atoms with Crippen molar-refractivity contribution in [2.75, 3.05) is 138 Å². The Balaban J connectivity index is 7.19. The molecule has 0 rings (SSSR count). The van der Waals surface area contributed by atoms with E-state index in [0.717, 1.165) is 30.9 Å². The summed E-state index contributed by atoms with van der Waals surface area (Å²) in [5.41, 5.74) is 0. The first-order chi connectivity index (χ1) is 51.2. The first kappa shape index (κ1) is 103. The summed E-state index contributed by atoms with van der Waals surface area (Å²) in [6, 6.07) is -3.73. The molecule has 0 aromatic carbocycles. The molecule has 0 aliphatic rings. The van der Waals surface area contributed by atoms with Gasteiger partial charge < -0.3 is 105 Å². The summed E-state index contributed by atoms with van der Waals surface area (Å²) in [7, 11) is 1.49. The summed E-state index contributed by atoms with van der Waals surface area (Å²) in [5, 5.41) is 76.9. The molecule has 0 fully saturated rings. The van der Waals surface area contributed by atoms with E-state index >= 15 is 0 Å². The third-order valence-corrected chi connectivity index (χ3v) is 19.7. The van der Waals surface area contributed by atoms with E-state index in [0.29, 0.717) is 25.7 Å². The van der Waals surface area contributed by atoms with Crippen LogP contribution < -0.4 is 5.32 Å². The molecule has 110 heavy (non-hydrogen) atoms. The second-order valence-electron chi connectivity index (χ2n) is 30.2. The van der Waals surface area contributed by atoms with Gasteiger partial charge >= 0.3 is 0 Å². The lowest BCUT2D eigenvalue weighted by molar-refractivity contribution is -0.152. The predicted molar refractivity (Wildman–Crippen MR) is 415 cm³/mol. The average Bonchev–Trinajstić information content (AvgIpc) is 0.840. The van der Waals surface area contributed by atoms with Crippen LogP contribution in [0.25, 0.3) is 0 Å². The fourth-order valence-electron chi connectivity index (χ4n) is 11.7. The smallest absolute Gasteiger partial charge is 0.242 e. The van der Waals surface area contributed by atoms with Crippen LogP contribution >= 0.6 is 0 Å². The van der Waals surface area contributed by atoms with Crippen LogP contribution in [0.15, 0.2) is 0 Å². The van der Waals surface area contributed by atoms with E-state index in [1.54, 1.807) is 76.2 Å². The summed E-state index contributed by atoms with van der Waals surface area (Å²) in [4.78, 5) is 201. The van der Waals surface area contributed by atoms with Gasteiger partial charge in [-0.1, -0.05) is 48.5 Å². The van der Waals surface area contributed by atoms with Gasteiger partial charge in [0.05, 0.1) is 88.5 Å². The van der Waals surface area contributed by atoms with Crippen LogP contribution in [-0.2, 0) is 62.3 Å². The van der Waals surface area contributed by atoms with Crippen LogP contribution in [-0.4, -0.2) is 399 Å². The molecule has 636 valence electrons. The zero-order valence-electron chi connectivity index (χ0n) is 70.4. The maximum atomic E-state index is 14.7. The Morgan fingerprint density at radius 1 is 0.227 bits per heavy atom. The molecule has 8 N–H and O–H groups in total. The summed E-state index contributed by atoms with van der Waals surface area (Å²) < 4.78 is 0. The third-order valence-electron chi connectivity index (χ3n) is 19.7. The van der Waals surface area contributed by atoms with E-state index in [1.807, 2.05) is 20.8 Å². The minimum Gasteiger partial charge on any atom is -0.392 e. The van der Waals surface area contributed by atoms with Gasteiger partial charge in [-0.3, -0.25) is 62.3 Å². The van der Waals surface area contributed by atoms with Gasteiger partial charge in [-0.2, -0.15) is 0 Å². The number of nitrogens with zero attached hydrogens (tertiary/aromatic N) is 13. The van der Waals surface area contributed by atoms with Crippen molar-refractivity contribution in [3.05, 3.63) is 0 Å². The van der Waals surface area contributed by atoms with E-state index < -0.39 is 247 Å². The number of aliphatic hydroxyl groups is 7. The average molecular weight is 1570 g/mol. The molecular formula is C76H142N14O20. The van der Waals surface area contributed by atoms with E-state index in [1.165, 1.54) is 94.7 Å². The molecule has 0 aromatic rings. The Morgan fingerprint density at radius 3 is 0.545 bits per heavy atom. The Kier molecular flexibility index (Phi) is 48.7. The van der Waals surface area contributed by atoms with Gasteiger partial charge in [0.2, 0.25) is 76.8 Å². The maximum absolute atomic E-state index is 14.7. The molecule has 14 unspecified atom stereocenters. The number of hydrogen-bond acceptors (Lipinski definition) is 21. The van der Waals surface area contributed by atoms with Crippen molar-refractivity contribution in [2.45, 2.75) is 275 Å². The topological polar surface area (TPSA) is 418 Å². The number of carbonyl (C=O) groups is 13. The van der Waals surface area contributed by atoms with Crippen molar-refractivity contribution < 1.29 is 98.1 Å². The van der Waals surface area contributed by atoms with Gasteiger partial charge in [0.15, 0.2) is 0 Å². The standard InChI is InChI=1S/C76H142N14O20/c1-23-50(8)77-30-64(98)79(32-58(16)92)38-71(105)86(52(10)25-3)45-66(100)81(34-60(18)94)40-73(107)88(54(12)27-5)47-68(102)83(36-62(20)96)42-75(109)90(56(14)29-7)49-70(104)84(37-63(21)97)43-76(110)89(55(13)28-6)48-69(103)82(35-61(19)95)41-74(108)87(53(11)26-4)46-67(101)80(33-59(17)93)39-72(106)85(51(9)24-2)44-65(99)78(22)31-57(15)91/h50-63,77,91-97H,23-49H2,1-22H3. The lowest BCUT2D eigenvalue weighted by Gasteiger charge is -2.37. The second kappa shape index (κ2) is 52.2. The van der Waals surface area contributed by atoms with Gasteiger partial charge in [-0.15, -0.1) is 0 Å². The van der Waals surface area contributed by atoms with Crippen molar-refractivity contribution >= 4 is 76.8 Å². The van der Waals surface area contributed by atoms with Gasteiger partial charge in [-0.25, -0.2) is 0 Å². The molecule has 0 bridgehead atoms. The molecule has 13 amide bonds. The zero-order valence-corrected chi connectivity index (χ0v) is 70.4. The molecule has 0 heterocycles. The molecule has 0 saturated heterocycles. The number of carbonyl (C=O) groups excluding carboxylic acids is 13. The number of likely N-dealkylation sites (N-methyl/N-ethyl adjacent to an activating group) is 1. The van der Waals surface area contributed by atoms with Crippen LogP contribution in [0.2, 0.25) is 0 Å². The molecule has 0 spiro atoms. The summed E-state index contributed by atoms with van der Waals surface area (Å²) in [5.74, 6) is -9.09. The summed E-state index contributed by atoms with van der Waals surface area (Å²) >= 11 is 0. The number of nitrogens with one attached hydrogen (secondary N) is 1. The summed E-state index contributed by atoms with van der Waals surface area (Å²) in [6.07, 6.45) is -5.09. The van der Waals surface area contributed by atoms with Crippen LogP contribution in [0.4, 0.5) is 0 Å². The van der Waals surface area contributed by atoms with E-state index in [9.17, 15) is 98.1 Å². The largest absolute Gasteiger partial charge is 0.392 e. The van der Waals surface area contributed by atoms with Crippen LogP contribution in [0.3, 0.4) is 0 Å². The SMILES string of the molecule is CCC(C)NCC(=O)N(CC(=O)N(CC(=O)N(CC(=O)N(CC(=O)N(CC(=O)N(CC(=O)N(CC(=O)N(CC(=O)N(CC(=O)N(CC(=O)N(CC(=O)N(CC(=O)N(C)CC(C)O)C(C)CC)CC(C)O)C(C)CC)CC(C)O)C(C)CC)CC(C)O)C(C)CC)CC(C)O)C(C)CC)CC(C)O)C(C)CC)CC(C)O. The van der Waals surface area contributed by atoms with Crippen molar-refractivity contribution in [1.82, 2.24) is 69.0 Å². The van der Waals surface area contributed by atoms with E-state index in [-0.39, 0.29) is 58.2 Å². The van der Waals surface area contributed by atoms with Crippen LogP contribution in [0.5, 0.6) is 0 Å². The molecule has 0 saturated carbocycles. The minimum atomic E-state index is -1.24. The minimum absolute atomic E-state index is 0.00803. The third kappa shape index (κ3) is 37.4. The van der Waals surface area contributed by atoms with Gasteiger partial charge in [-0.05, 0) is 142 Å². The van der Waals surface area contributed by atoms with Crippen molar-refractivity contribution in [3.63, 3.8) is 0 Å². The Morgan fingerprint density at radius 2 is 0.391 bits per heavy atom. The van der Waals surface area contributed by atoms with Crippen LogP contribution in [0.1, 0.15) is 190 Å². The van der Waals surface area contributed by atoms with Crippen molar-refractivity contribution in [1.29, 1.82) is 0 Å². The molecule has 14 atom stereocenters. The molecule has 0 aliphatic carbocycles. The first-order valence-corrected chi connectivity index (χ1v) is 39.4. The van der Waals surface area contributed by atoms with E-state index in [2.05, 4.69) is 5.32 Å². The highest BCUT2D eigenvalue weighted by Crippen LogP contribution is 2.18. The Hall–Kier alpha value is -7.21. The highest BCUT2D eigenvalue weighted by Gasteiger charge is 2.38. The molecular weight excluding hydrogens is 1430 g/mol. The van der Waals surface area contributed by atoms with Gasteiger partial charge in [0, 0.05) is 95.2 Å². The zero-order chi connectivity index (χ0) is 84.9. The Labute approximate surface area is 654 Å². The van der Waals surface area contributed by atoms with Crippen molar-refractivity contribution in [3.8, 4) is 0 Å². The molecule has 34 nitrogen and oxygen atoms in total. The van der Waals surface area contributed by atoms with Crippen LogP contribution in [0, 0.1) is 0 Å². The fraction of sp³-hybridized carbons (Fsp3) is 0.829. The quantitative estimate of drug-likeness (QED) is 0.0371. The lowest BCUT2D eigenvalue weighted by atomic mass is 10.1. The first-order valence-electron chi connectivity index (χ1n) is 39.4. The Bertz CT molecular complexity index is 2890. The predicted octanol–water partition coefficient (Wildman–Crippen LogP) is -0.767. The maximum Gasteiger partial charge on any atom is 0.242 e.